The molecule has 3 aromatic rings. The van der Waals surface area contributed by atoms with E-state index in [1.807, 2.05) is 30.3 Å². The smallest absolute Gasteiger partial charge is 0.275 e. The molecular weight excluding hydrogens is 276 g/mol. The van der Waals surface area contributed by atoms with Crippen LogP contribution in [0.15, 0.2) is 48.5 Å². The molecule has 0 spiro atoms. The number of carbonyl (C=O) groups excluding carboxylic acids is 1. The van der Waals surface area contributed by atoms with Crippen LogP contribution in [-0.4, -0.2) is 15.9 Å². The zero-order valence-electron chi connectivity index (χ0n) is 11.9. The molecule has 1 aromatic heterocycles. The lowest BCUT2D eigenvalue weighted by atomic mass is 10.1. The van der Waals surface area contributed by atoms with Crippen molar-refractivity contribution < 1.29 is 4.79 Å². The van der Waals surface area contributed by atoms with E-state index in [2.05, 4.69) is 15.3 Å². The number of fused-ring (bicyclic) bond motifs is 1. The van der Waals surface area contributed by atoms with Crippen LogP contribution in [0.1, 0.15) is 21.9 Å². The van der Waals surface area contributed by atoms with E-state index >= 15 is 0 Å². The van der Waals surface area contributed by atoms with Gasteiger partial charge in [0.2, 0.25) is 0 Å². The molecule has 0 saturated carbocycles. The first-order valence-electron chi connectivity index (χ1n) is 6.72. The number of aryl methyl sites for hydroxylation is 1. The Balaban J connectivity index is 2.00. The lowest BCUT2D eigenvalue weighted by Crippen LogP contribution is -2.15. The Kier molecular flexibility index (Phi) is 3.50. The number of aromatic nitrogens is 2. The van der Waals surface area contributed by atoms with Gasteiger partial charge < -0.3 is 5.32 Å². The summed E-state index contributed by atoms with van der Waals surface area (Å²) in [6.45, 7) is 1.75. The van der Waals surface area contributed by atoms with E-state index in [0.29, 0.717) is 28.2 Å². The predicted molar refractivity (Wildman–Crippen MR) is 83.4 cm³/mol. The van der Waals surface area contributed by atoms with Crippen LogP contribution in [0.5, 0.6) is 0 Å². The molecule has 0 aliphatic carbocycles. The van der Waals surface area contributed by atoms with Crippen LogP contribution in [0.2, 0.25) is 0 Å². The highest BCUT2D eigenvalue weighted by Gasteiger charge is 2.14. The number of nitrogens with zero attached hydrogens (tertiary/aromatic N) is 3. The molecule has 0 bridgehead atoms. The summed E-state index contributed by atoms with van der Waals surface area (Å²) < 4.78 is 0. The highest BCUT2D eigenvalue weighted by Crippen LogP contribution is 2.17. The number of amides is 1. The summed E-state index contributed by atoms with van der Waals surface area (Å²) in [6, 6.07) is 16.2. The van der Waals surface area contributed by atoms with Crippen LogP contribution in [0.4, 0.5) is 5.69 Å². The van der Waals surface area contributed by atoms with E-state index in [0.717, 1.165) is 5.52 Å². The van der Waals surface area contributed by atoms with Gasteiger partial charge in [0.1, 0.15) is 11.5 Å². The highest BCUT2D eigenvalue weighted by atomic mass is 16.1. The fourth-order valence-electron chi connectivity index (χ4n) is 2.22. The molecule has 2 aromatic carbocycles. The zero-order chi connectivity index (χ0) is 15.5. The average Bonchev–Trinajstić information content (AvgIpc) is 2.54. The fraction of sp³-hybridized carbons (Fsp3) is 0.0588. The standard InChI is InChI=1S/C17H12N4O/c1-11-19-15-8-3-2-7-14(15)16(20-11)17(22)21-13-6-4-5-12(9-13)10-18/h2-9H,1H3,(H,21,22). The largest absolute Gasteiger partial charge is 0.321 e. The molecule has 22 heavy (non-hydrogen) atoms. The van der Waals surface area contributed by atoms with E-state index in [4.69, 9.17) is 5.26 Å². The Bertz CT molecular complexity index is 912. The van der Waals surface area contributed by atoms with Crippen LogP contribution in [-0.2, 0) is 0 Å². The maximum atomic E-state index is 12.5. The molecule has 1 N–H and O–H groups in total. The molecule has 0 radical (unpaired) electrons. The molecule has 0 fully saturated rings. The van der Waals surface area contributed by atoms with Gasteiger partial charge in [0.05, 0.1) is 17.1 Å². The maximum Gasteiger partial charge on any atom is 0.275 e. The van der Waals surface area contributed by atoms with Gasteiger partial charge in [-0.3, -0.25) is 4.79 Å². The van der Waals surface area contributed by atoms with Gasteiger partial charge in [-0.25, -0.2) is 9.97 Å². The lowest BCUT2D eigenvalue weighted by Gasteiger charge is -2.08. The molecule has 3 rings (SSSR count). The van der Waals surface area contributed by atoms with E-state index < -0.39 is 0 Å². The van der Waals surface area contributed by atoms with Crippen LogP contribution in [0.3, 0.4) is 0 Å². The van der Waals surface area contributed by atoms with Crippen LogP contribution < -0.4 is 5.32 Å². The number of hydrogen-bond donors (Lipinski definition) is 1. The van der Waals surface area contributed by atoms with Crippen molar-refractivity contribution in [1.29, 1.82) is 5.26 Å². The molecule has 0 saturated heterocycles. The number of anilines is 1. The number of rotatable bonds is 2. The van der Waals surface area contributed by atoms with Gasteiger partial charge in [0.25, 0.3) is 5.91 Å². The molecule has 0 aliphatic heterocycles. The summed E-state index contributed by atoms with van der Waals surface area (Å²) in [5.41, 5.74) is 2.10. The third-order valence-electron chi connectivity index (χ3n) is 3.18. The Morgan fingerprint density at radius 1 is 1.14 bits per heavy atom. The van der Waals surface area contributed by atoms with E-state index in [-0.39, 0.29) is 5.91 Å². The number of carbonyl (C=O) groups is 1. The van der Waals surface area contributed by atoms with Crippen molar-refractivity contribution in [3.8, 4) is 6.07 Å². The first kappa shape index (κ1) is 13.7. The summed E-state index contributed by atoms with van der Waals surface area (Å²) in [6.07, 6.45) is 0. The molecular formula is C17H12N4O. The van der Waals surface area contributed by atoms with E-state index in [9.17, 15) is 4.79 Å². The molecule has 0 aliphatic rings. The first-order chi connectivity index (χ1) is 10.7. The summed E-state index contributed by atoms with van der Waals surface area (Å²) >= 11 is 0. The van der Waals surface area contributed by atoms with Crippen LogP contribution in [0.25, 0.3) is 10.9 Å². The number of nitrogens with one attached hydrogen (secondary N) is 1. The summed E-state index contributed by atoms with van der Waals surface area (Å²) in [5, 5.41) is 12.4. The normalized spacial score (nSPS) is 10.2. The molecule has 1 heterocycles. The van der Waals surface area contributed by atoms with Gasteiger partial charge in [-0.1, -0.05) is 24.3 Å². The zero-order valence-corrected chi connectivity index (χ0v) is 11.9. The molecule has 1 amide bonds. The van der Waals surface area contributed by atoms with Gasteiger partial charge >= 0.3 is 0 Å². The second-order valence-electron chi connectivity index (χ2n) is 4.78. The number of para-hydroxylation sites is 1. The van der Waals surface area contributed by atoms with Gasteiger partial charge in [-0.2, -0.15) is 5.26 Å². The quantitative estimate of drug-likeness (QED) is 0.786. The Labute approximate surface area is 127 Å². The minimum absolute atomic E-state index is 0.322. The third kappa shape index (κ3) is 2.63. The topological polar surface area (TPSA) is 78.7 Å². The van der Waals surface area contributed by atoms with Crippen molar-refractivity contribution in [2.75, 3.05) is 5.32 Å². The summed E-state index contributed by atoms with van der Waals surface area (Å²) in [4.78, 5) is 21.1. The highest BCUT2D eigenvalue weighted by molar-refractivity contribution is 6.10. The second kappa shape index (κ2) is 5.62. The van der Waals surface area contributed by atoms with Crippen molar-refractivity contribution >= 4 is 22.5 Å². The van der Waals surface area contributed by atoms with Crippen molar-refractivity contribution in [2.24, 2.45) is 0 Å². The van der Waals surface area contributed by atoms with Crippen molar-refractivity contribution in [3.05, 3.63) is 65.6 Å². The SMILES string of the molecule is Cc1nc(C(=O)Nc2cccc(C#N)c2)c2ccccc2n1. The predicted octanol–water partition coefficient (Wildman–Crippen LogP) is 3.06. The molecule has 0 unspecified atom stereocenters. The summed E-state index contributed by atoms with van der Waals surface area (Å²) in [7, 11) is 0. The Morgan fingerprint density at radius 3 is 2.77 bits per heavy atom. The van der Waals surface area contributed by atoms with Gasteiger partial charge in [-0.15, -0.1) is 0 Å². The minimum Gasteiger partial charge on any atom is -0.321 e. The number of benzene rings is 2. The number of hydrogen-bond acceptors (Lipinski definition) is 4. The average molecular weight is 288 g/mol. The van der Waals surface area contributed by atoms with Gasteiger partial charge in [-0.05, 0) is 31.2 Å². The first-order valence-corrected chi connectivity index (χ1v) is 6.72. The Hall–Kier alpha value is -3.26. The van der Waals surface area contributed by atoms with Crippen LogP contribution in [0, 0.1) is 18.3 Å². The number of nitriles is 1. The summed E-state index contributed by atoms with van der Waals surface area (Å²) in [5.74, 6) is 0.214. The minimum atomic E-state index is -0.322. The van der Waals surface area contributed by atoms with Gasteiger partial charge in [0, 0.05) is 11.1 Å². The molecule has 106 valence electrons. The second-order valence-corrected chi connectivity index (χ2v) is 4.78. The monoisotopic (exact) mass is 288 g/mol. The van der Waals surface area contributed by atoms with Crippen molar-refractivity contribution in [3.63, 3.8) is 0 Å². The molecule has 5 heteroatoms. The van der Waals surface area contributed by atoms with Crippen molar-refractivity contribution in [1.82, 2.24) is 9.97 Å². The fourth-order valence-corrected chi connectivity index (χ4v) is 2.22. The van der Waals surface area contributed by atoms with E-state index in [1.54, 1.807) is 31.2 Å². The maximum absolute atomic E-state index is 12.5. The van der Waals surface area contributed by atoms with Gasteiger partial charge in [0.15, 0.2) is 0 Å². The van der Waals surface area contributed by atoms with Crippen LogP contribution >= 0.6 is 0 Å². The van der Waals surface area contributed by atoms with Crippen molar-refractivity contribution in [2.45, 2.75) is 6.92 Å². The van der Waals surface area contributed by atoms with E-state index in [1.165, 1.54) is 0 Å². The lowest BCUT2D eigenvalue weighted by molar-refractivity contribution is 0.102. The molecule has 5 nitrogen and oxygen atoms in total. The molecule has 0 atom stereocenters. The Morgan fingerprint density at radius 2 is 1.95 bits per heavy atom. The third-order valence-corrected chi connectivity index (χ3v) is 3.18.